The molecule has 0 saturated carbocycles. The highest BCUT2D eigenvalue weighted by Crippen LogP contribution is 2.29. The Labute approximate surface area is 182 Å². The Balaban J connectivity index is 2.20. The number of benzene rings is 2. The minimum Gasteiger partial charge on any atom is -0.340 e. The molecule has 0 aliphatic rings. The fourth-order valence-corrected chi connectivity index (χ4v) is 3.36. The molecule has 0 N–H and O–H groups in total. The summed E-state index contributed by atoms with van der Waals surface area (Å²) in [4.78, 5) is 32.6. The molecule has 3 aromatic rings. The molecule has 3 rings (SSSR count). The fraction of sp³-hybridized carbons (Fsp3) is 0.261. The van der Waals surface area contributed by atoms with E-state index in [-0.39, 0.29) is 17.5 Å². The number of hydrogen-bond donors (Lipinski definition) is 0. The Hall–Kier alpha value is -3.42. The quantitative estimate of drug-likeness (QED) is 0.395. The first kappa shape index (κ1) is 22.3. The smallest absolute Gasteiger partial charge is 0.274 e. The van der Waals surface area contributed by atoms with Crippen LogP contribution in [0.3, 0.4) is 0 Å². The van der Waals surface area contributed by atoms with Crippen LogP contribution in [0.2, 0.25) is 6.32 Å². The molecule has 1 heterocycles. The number of rotatable bonds is 9. The number of nitrogens with zero attached hydrogens (tertiary/aromatic N) is 4. The zero-order valence-corrected chi connectivity index (χ0v) is 18.1. The van der Waals surface area contributed by atoms with E-state index in [1.807, 2.05) is 34.9 Å². The third-order valence-corrected chi connectivity index (χ3v) is 5.12. The van der Waals surface area contributed by atoms with E-state index < -0.39 is 0 Å². The molecule has 0 aliphatic carbocycles. The number of imidazole rings is 1. The lowest BCUT2D eigenvalue weighted by molar-refractivity contribution is -0.107. The maximum atomic E-state index is 13.5. The van der Waals surface area contributed by atoms with E-state index in [9.17, 15) is 14.0 Å². The Morgan fingerprint density at radius 1 is 1.13 bits per heavy atom. The van der Waals surface area contributed by atoms with Crippen LogP contribution < -0.4 is 4.90 Å². The predicted molar refractivity (Wildman–Crippen MR) is 123 cm³/mol. The van der Waals surface area contributed by atoms with Gasteiger partial charge in [0.05, 0.1) is 0 Å². The van der Waals surface area contributed by atoms with E-state index in [4.69, 9.17) is 0 Å². The molecule has 0 radical (unpaired) electrons. The third-order valence-electron chi connectivity index (χ3n) is 5.12. The van der Waals surface area contributed by atoms with Crippen LogP contribution in [-0.2, 0) is 11.3 Å². The average Bonchev–Trinajstić information content (AvgIpc) is 3.16. The summed E-state index contributed by atoms with van der Waals surface area (Å²) in [6, 6.07) is 15.7. The largest absolute Gasteiger partial charge is 0.340 e. The molecule has 0 saturated heterocycles. The molecule has 0 atom stereocenters. The van der Waals surface area contributed by atoms with Crippen molar-refractivity contribution in [3.05, 3.63) is 71.7 Å². The number of halogens is 1. The van der Waals surface area contributed by atoms with Crippen molar-refractivity contribution >= 4 is 26.0 Å². The highest BCUT2D eigenvalue weighted by atomic mass is 19.1. The van der Waals surface area contributed by atoms with Gasteiger partial charge in [0.15, 0.2) is 11.5 Å². The standard InChI is InChI=1S/C23H26BFN4O2/c1-27(14-6-13-24)23(31)20-22(28(2)16-30)26-21(18-9-11-19(25)12-10-18)29(20)15-17-7-4-3-5-8-17/h3-5,7-12,16H,6,13-15,24H2,1-2H3. The van der Waals surface area contributed by atoms with Crippen molar-refractivity contribution in [1.82, 2.24) is 14.5 Å². The first-order valence-electron chi connectivity index (χ1n) is 10.3. The van der Waals surface area contributed by atoms with Crippen molar-refractivity contribution in [3.8, 4) is 11.4 Å². The minimum atomic E-state index is -0.356. The molecule has 0 spiro atoms. The SMILES string of the molecule is BCCCN(C)C(=O)c1c(N(C)C=O)nc(-c2ccc(F)cc2)n1Cc1ccccc1. The Bertz CT molecular complexity index is 1040. The topological polar surface area (TPSA) is 58.4 Å². The van der Waals surface area contributed by atoms with Crippen LogP contribution >= 0.6 is 0 Å². The molecule has 160 valence electrons. The van der Waals surface area contributed by atoms with E-state index in [1.54, 1.807) is 31.1 Å². The summed E-state index contributed by atoms with van der Waals surface area (Å²) in [5, 5.41) is 0. The molecule has 0 unspecified atom stereocenters. The molecular formula is C23H26BFN4O2. The van der Waals surface area contributed by atoms with Crippen molar-refractivity contribution in [2.45, 2.75) is 19.3 Å². The first-order valence-corrected chi connectivity index (χ1v) is 10.3. The van der Waals surface area contributed by atoms with Gasteiger partial charge in [-0.2, -0.15) is 0 Å². The summed E-state index contributed by atoms with van der Waals surface area (Å²) in [6.07, 6.45) is 2.47. The van der Waals surface area contributed by atoms with Gasteiger partial charge in [-0.05, 0) is 36.2 Å². The lowest BCUT2D eigenvalue weighted by Gasteiger charge is -2.20. The number of anilines is 1. The summed E-state index contributed by atoms with van der Waals surface area (Å²) >= 11 is 0. The van der Waals surface area contributed by atoms with Crippen molar-refractivity contribution in [3.63, 3.8) is 0 Å². The second-order valence-corrected chi connectivity index (χ2v) is 7.48. The van der Waals surface area contributed by atoms with Gasteiger partial charge < -0.3 is 14.4 Å². The van der Waals surface area contributed by atoms with Crippen molar-refractivity contribution in [1.29, 1.82) is 0 Å². The average molecular weight is 420 g/mol. The number of amides is 2. The van der Waals surface area contributed by atoms with Crippen molar-refractivity contribution in [2.75, 3.05) is 25.5 Å². The number of carbonyl (C=O) groups is 2. The lowest BCUT2D eigenvalue weighted by atomic mass is 10.0. The highest BCUT2D eigenvalue weighted by Gasteiger charge is 2.28. The molecule has 8 heteroatoms. The summed E-state index contributed by atoms with van der Waals surface area (Å²) in [7, 11) is 5.38. The molecule has 1 aromatic heterocycles. The second kappa shape index (κ2) is 10.1. The zero-order valence-electron chi connectivity index (χ0n) is 18.1. The zero-order chi connectivity index (χ0) is 22.4. The van der Waals surface area contributed by atoms with Gasteiger partial charge in [-0.25, -0.2) is 9.37 Å². The Morgan fingerprint density at radius 3 is 2.42 bits per heavy atom. The second-order valence-electron chi connectivity index (χ2n) is 7.48. The van der Waals surface area contributed by atoms with E-state index >= 15 is 0 Å². The number of carbonyl (C=O) groups excluding carboxylic acids is 2. The third kappa shape index (κ3) is 5.02. The number of aromatic nitrogens is 2. The van der Waals surface area contributed by atoms with Gasteiger partial charge in [-0.1, -0.05) is 36.7 Å². The monoisotopic (exact) mass is 420 g/mol. The molecule has 0 bridgehead atoms. The normalized spacial score (nSPS) is 10.7. The summed E-state index contributed by atoms with van der Waals surface area (Å²) < 4.78 is 15.3. The Kier molecular flexibility index (Phi) is 7.23. The van der Waals surface area contributed by atoms with Crippen molar-refractivity contribution < 1.29 is 14.0 Å². The highest BCUT2D eigenvalue weighted by molar-refractivity contribution is 6.08. The van der Waals surface area contributed by atoms with Crippen molar-refractivity contribution in [2.24, 2.45) is 0 Å². The fourth-order valence-electron chi connectivity index (χ4n) is 3.36. The van der Waals surface area contributed by atoms with Crippen LogP contribution in [-0.4, -0.2) is 55.3 Å². The van der Waals surface area contributed by atoms with Gasteiger partial charge in [0.1, 0.15) is 19.5 Å². The maximum absolute atomic E-state index is 13.5. The van der Waals surface area contributed by atoms with Gasteiger partial charge in [-0.15, -0.1) is 0 Å². The Morgan fingerprint density at radius 2 is 1.81 bits per heavy atom. The number of hydrogen-bond acceptors (Lipinski definition) is 3. The van der Waals surface area contributed by atoms with E-state index in [0.29, 0.717) is 36.6 Å². The summed E-state index contributed by atoms with van der Waals surface area (Å²) in [5.74, 6) is 0.207. The van der Waals surface area contributed by atoms with Gasteiger partial charge >= 0.3 is 0 Å². The molecule has 2 aromatic carbocycles. The van der Waals surface area contributed by atoms with Gasteiger partial charge in [0.2, 0.25) is 6.41 Å². The molecule has 0 fully saturated rings. The van der Waals surface area contributed by atoms with E-state index in [0.717, 1.165) is 18.3 Å². The molecular weight excluding hydrogens is 394 g/mol. The minimum absolute atomic E-state index is 0.214. The molecule has 6 nitrogen and oxygen atoms in total. The van der Waals surface area contributed by atoms with Crippen LogP contribution in [0.15, 0.2) is 54.6 Å². The molecule has 31 heavy (non-hydrogen) atoms. The predicted octanol–water partition coefficient (Wildman–Crippen LogP) is 2.84. The summed E-state index contributed by atoms with van der Waals surface area (Å²) in [6.45, 7) is 0.984. The van der Waals surface area contributed by atoms with E-state index in [1.165, 1.54) is 17.0 Å². The molecule has 2 amide bonds. The van der Waals surface area contributed by atoms with Crippen LogP contribution in [0.5, 0.6) is 0 Å². The van der Waals surface area contributed by atoms with E-state index in [2.05, 4.69) is 12.8 Å². The van der Waals surface area contributed by atoms with Crippen LogP contribution in [0.1, 0.15) is 22.5 Å². The van der Waals surface area contributed by atoms with Gasteiger partial charge in [-0.3, -0.25) is 9.59 Å². The van der Waals surface area contributed by atoms with Crippen LogP contribution in [0, 0.1) is 5.82 Å². The van der Waals surface area contributed by atoms with Gasteiger partial charge in [0, 0.05) is 32.7 Å². The van der Waals surface area contributed by atoms with Crippen LogP contribution in [0.25, 0.3) is 11.4 Å². The van der Waals surface area contributed by atoms with Crippen LogP contribution in [0.4, 0.5) is 10.2 Å². The van der Waals surface area contributed by atoms with Gasteiger partial charge in [0.25, 0.3) is 5.91 Å². The lowest BCUT2D eigenvalue weighted by Crippen LogP contribution is -2.31. The maximum Gasteiger partial charge on any atom is 0.274 e. The first-order chi connectivity index (χ1) is 15.0. The molecule has 0 aliphatic heterocycles. The summed E-state index contributed by atoms with van der Waals surface area (Å²) in [5.41, 5.74) is 1.97.